The smallest absolute Gasteiger partial charge is 0.332 e. The molecule has 0 amide bonds. The number of fused-ring (bicyclic) bond motifs is 1. The number of anilines is 1. The van der Waals surface area contributed by atoms with Crippen LogP contribution in [0.3, 0.4) is 0 Å². The third-order valence-corrected chi connectivity index (χ3v) is 4.20. The molecule has 7 nitrogen and oxygen atoms in total. The average molecular weight is 316 g/mol. The van der Waals surface area contributed by atoms with Gasteiger partial charge in [0.25, 0.3) is 5.56 Å². The van der Waals surface area contributed by atoms with Gasteiger partial charge in [-0.1, -0.05) is 18.2 Å². The fourth-order valence-electron chi connectivity index (χ4n) is 2.93. The molecule has 3 rings (SSSR count). The average Bonchev–Trinajstić information content (AvgIpc) is 2.58. The number of hydrogen-bond donors (Lipinski definition) is 1. The van der Waals surface area contributed by atoms with E-state index in [0.29, 0.717) is 31.1 Å². The summed E-state index contributed by atoms with van der Waals surface area (Å²) in [6, 6.07) is 7.82. The lowest BCUT2D eigenvalue weighted by Gasteiger charge is -2.30. The zero-order valence-electron chi connectivity index (χ0n) is 13.5. The number of benzene rings is 1. The molecule has 0 radical (unpaired) electrons. The number of rotatable bonds is 3. The zero-order valence-corrected chi connectivity index (χ0v) is 13.5. The molecule has 0 aliphatic carbocycles. The predicted molar refractivity (Wildman–Crippen MR) is 87.7 cm³/mol. The van der Waals surface area contributed by atoms with Crippen molar-refractivity contribution in [2.75, 3.05) is 19.1 Å². The number of hydrogen-bond acceptors (Lipinski definition) is 5. The van der Waals surface area contributed by atoms with E-state index in [1.54, 1.807) is 14.2 Å². The molecule has 0 fully saturated rings. The highest BCUT2D eigenvalue weighted by Gasteiger charge is 2.23. The van der Waals surface area contributed by atoms with Gasteiger partial charge in [0.2, 0.25) is 0 Å². The number of aromatic nitrogens is 2. The van der Waals surface area contributed by atoms with Crippen LogP contribution < -0.4 is 21.3 Å². The molecule has 1 aromatic carbocycles. The summed E-state index contributed by atoms with van der Waals surface area (Å²) in [6.45, 7) is 1.70. The second-order valence-corrected chi connectivity index (χ2v) is 5.67. The molecule has 23 heavy (non-hydrogen) atoms. The Balaban J connectivity index is 1.92. The quantitative estimate of drug-likeness (QED) is 0.892. The van der Waals surface area contributed by atoms with E-state index in [4.69, 9.17) is 4.74 Å². The Labute approximate surface area is 133 Å². The molecule has 2 aromatic rings. The molecule has 0 bridgehead atoms. The summed E-state index contributed by atoms with van der Waals surface area (Å²) in [4.78, 5) is 26.4. The normalized spacial score (nSPS) is 14.2. The lowest BCUT2D eigenvalue weighted by atomic mass is 10.1. The molecule has 122 valence electrons. The summed E-state index contributed by atoms with van der Waals surface area (Å²) >= 11 is 0. The molecule has 2 heterocycles. The van der Waals surface area contributed by atoms with Crippen LogP contribution in [0.2, 0.25) is 0 Å². The minimum absolute atomic E-state index is 0.250. The van der Waals surface area contributed by atoms with Crippen LogP contribution in [0.4, 0.5) is 5.82 Å². The lowest BCUT2D eigenvalue weighted by molar-refractivity contribution is 0.257. The Bertz CT molecular complexity index is 853. The van der Waals surface area contributed by atoms with Gasteiger partial charge in [-0.05, 0) is 6.07 Å². The Kier molecular flexibility index (Phi) is 3.96. The molecule has 0 atom stereocenters. The number of methoxy groups -OCH3 is 1. The highest BCUT2D eigenvalue weighted by Crippen LogP contribution is 2.23. The van der Waals surface area contributed by atoms with Crippen LogP contribution in [0.1, 0.15) is 11.1 Å². The van der Waals surface area contributed by atoms with Gasteiger partial charge in [0, 0.05) is 32.7 Å². The van der Waals surface area contributed by atoms with E-state index in [1.807, 2.05) is 24.3 Å². The van der Waals surface area contributed by atoms with Gasteiger partial charge >= 0.3 is 5.69 Å². The van der Waals surface area contributed by atoms with Crippen LogP contribution in [-0.2, 0) is 27.2 Å². The molecular formula is C16H20N4O3. The van der Waals surface area contributed by atoms with Crippen molar-refractivity contribution in [3.05, 3.63) is 56.2 Å². The second kappa shape index (κ2) is 5.92. The summed E-state index contributed by atoms with van der Waals surface area (Å²) in [5, 5.41) is 3.18. The largest absolute Gasteiger partial charge is 0.496 e. The van der Waals surface area contributed by atoms with E-state index in [-0.39, 0.29) is 11.2 Å². The Morgan fingerprint density at radius 1 is 1.17 bits per heavy atom. The van der Waals surface area contributed by atoms with Gasteiger partial charge in [-0.15, -0.1) is 0 Å². The molecule has 1 aliphatic heterocycles. The molecule has 1 aromatic heterocycles. The lowest BCUT2D eigenvalue weighted by Crippen LogP contribution is -2.46. The third-order valence-electron chi connectivity index (χ3n) is 4.20. The Morgan fingerprint density at radius 3 is 2.65 bits per heavy atom. The summed E-state index contributed by atoms with van der Waals surface area (Å²) in [5.41, 5.74) is 1.09. The summed E-state index contributed by atoms with van der Waals surface area (Å²) in [7, 11) is 4.82. The maximum atomic E-state index is 12.4. The molecule has 0 unspecified atom stereocenters. The molecule has 0 saturated heterocycles. The van der Waals surface area contributed by atoms with Crippen LogP contribution in [-0.4, -0.2) is 27.8 Å². The van der Waals surface area contributed by atoms with Crippen molar-refractivity contribution in [3.8, 4) is 5.75 Å². The summed E-state index contributed by atoms with van der Waals surface area (Å²) in [6.07, 6.45) is 0. The van der Waals surface area contributed by atoms with E-state index in [9.17, 15) is 9.59 Å². The molecule has 7 heteroatoms. The van der Waals surface area contributed by atoms with Crippen LogP contribution in [0, 0.1) is 0 Å². The maximum Gasteiger partial charge on any atom is 0.332 e. The first-order chi connectivity index (χ1) is 11.0. The van der Waals surface area contributed by atoms with Gasteiger partial charge in [0.05, 0.1) is 19.3 Å². The maximum absolute atomic E-state index is 12.4. The monoisotopic (exact) mass is 316 g/mol. The first-order valence-electron chi connectivity index (χ1n) is 7.40. The van der Waals surface area contributed by atoms with Gasteiger partial charge in [-0.25, -0.2) is 4.79 Å². The predicted octanol–water partition coefficient (Wildman–Crippen LogP) is 0.478. The summed E-state index contributed by atoms with van der Waals surface area (Å²) < 4.78 is 8.00. The van der Waals surface area contributed by atoms with Gasteiger partial charge in [0.1, 0.15) is 11.6 Å². The SMILES string of the molecule is COc1ccccc1CN1CNc2c(c(=O)n(C)c(=O)n2C)C1. The van der Waals surface area contributed by atoms with Gasteiger partial charge in [0.15, 0.2) is 0 Å². The fourth-order valence-corrected chi connectivity index (χ4v) is 2.93. The minimum Gasteiger partial charge on any atom is -0.496 e. The number of para-hydroxylation sites is 1. The van der Waals surface area contributed by atoms with Crippen molar-refractivity contribution in [2.45, 2.75) is 13.1 Å². The number of ether oxygens (including phenoxy) is 1. The highest BCUT2D eigenvalue weighted by atomic mass is 16.5. The van der Waals surface area contributed by atoms with Gasteiger partial charge in [-0.3, -0.25) is 18.8 Å². The van der Waals surface area contributed by atoms with Gasteiger partial charge in [-0.2, -0.15) is 0 Å². The molecule has 0 spiro atoms. The second-order valence-electron chi connectivity index (χ2n) is 5.67. The fraction of sp³-hybridized carbons (Fsp3) is 0.375. The van der Waals surface area contributed by atoms with Crippen LogP contribution in [0.5, 0.6) is 5.75 Å². The third kappa shape index (κ3) is 2.63. The molecule has 0 saturated carbocycles. The molecular weight excluding hydrogens is 296 g/mol. The van der Waals surface area contributed by atoms with E-state index in [2.05, 4.69) is 10.2 Å². The van der Waals surface area contributed by atoms with Crippen LogP contribution >= 0.6 is 0 Å². The number of nitrogens with zero attached hydrogens (tertiary/aromatic N) is 3. The van der Waals surface area contributed by atoms with Crippen molar-refractivity contribution >= 4 is 5.82 Å². The summed E-state index contributed by atoms with van der Waals surface area (Å²) in [5.74, 6) is 1.43. The Hall–Kier alpha value is -2.54. The first-order valence-corrected chi connectivity index (χ1v) is 7.40. The van der Waals surface area contributed by atoms with E-state index in [0.717, 1.165) is 15.9 Å². The molecule has 1 N–H and O–H groups in total. The van der Waals surface area contributed by atoms with E-state index < -0.39 is 0 Å². The standard InChI is InChI=1S/C16H20N4O3/c1-18-14-12(15(21)19(2)16(18)22)9-20(10-17-14)8-11-6-4-5-7-13(11)23-3/h4-7,17H,8-10H2,1-3H3. The van der Waals surface area contributed by atoms with E-state index in [1.165, 1.54) is 11.6 Å². The van der Waals surface area contributed by atoms with Crippen molar-refractivity contribution in [2.24, 2.45) is 14.1 Å². The Morgan fingerprint density at radius 2 is 1.91 bits per heavy atom. The van der Waals surface area contributed by atoms with E-state index >= 15 is 0 Å². The van der Waals surface area contributed by atoms with Crippen molar-refractivity contribution < 1.29 is 4.74 Å². The van der Waals surface area contributed by atoms with Gasteiger partial charge < -0.3 is 10.1 Å². The molecule has 1 aliphatic rings. The van der Waals surface area contributed by atoms with Crippen molar-refractivity contribution in [1.29, 1.82) is 0 Å². The first kappa shape index (κ1) is 15.4. The highest BCUT2D eigenvalue weighted by molar-refractivity contribution is 5.45. The van der Waals surface area contributed by atoms with Crippen LogP contribution in [0.25, 0.3) is 0 Å². The van der Waals surface area contributed by atoms with Crippen molar-refractivity contribution in [3.63, 3.8) is 0 Å². The zero-order chi connectivity index (χ0) is 16.6. The minimum atomic E-state index is -0.320. The van der Waals surface area contributed by atoms with Crippen LogP contribution in [0.15, 0.2) is 33.9 Å². The number of nitrogens with one attached hydrogen (secondary N) is 1. The topological polar surface area (TPSA) is 68.5 Å². The van der Waals surface area contributed by atoms with Crippen molar-refractivity contribution in [1.82, 2.24) is 14.0 Å².